The van der Waals surface area contributed by atoms with Crippen LogP contribution in [0.5, 0.6) is 0 Å². The van der Waals surface area contributed by atoms with E-state index in [9.17, 15) is 14.9 Å². The first-order valence-electron chi connectivity index (χ1n) is 7.73. The summed E-state index contributed by atoms with van der Waals surface area (Å²) in [6, 6.07) is 4.58. The molecule has 1 aromatic carbocycles. The predicted octanol–water partition coefficient (Wildman–Crippen LogP) is 1.97. The molecule has 2 heterocycles. The fourth-order valence-electron chi connectivity index (χ4n) is 3.31. The summed E-state index contributed by atoms with van der Waals surface area (Å²) in [5, 5.41) is 13.8. The molecule has 0 aromatic heterocycles. The molecule has 1 aromatic rings. The number of carbonyl (C=O) groups is 1. The van der Waals surface area contributed by atoms with Crippen LogP contribution >= 0.6 is 11.6 Å². The van der Waals surface area contributed by atoms with Crippen LogP contribution in [0.3, 0.4) is 0 Å². The van der Waals surface area contributed by atoms with Crippen molar-refractivity contribution in [2.75, 3.05) is 38.0 Å². The number of halogens is 1. The third kappa shape index (κ3) is 3.80. The van der Waals surface area contributed by atoms with Gasteiger partial charge in [0.05, 0.1) is 22.2 Å². The average Bonchev–Trinajstić information content (AvgIpc) is 2.96. The van der Waals surface area contributed by atoms with Gasteiger partial charge in [-0.1, -0.05) is 11.6 Å². The van der Waals surface area contributed by atoms with E-state index in [2.05, 4.69) is 15.1 Å². The second kappa shape index (κ2) is 6.82. The molecule has 0 unspecified atom stereocenters. The molecule has 3 rings (SSSR count). The first-order valence-corrected chi connectivity index (χ1v) is 8.11. The van der Waals surface area contributed by atoms with Crippen molar-refractivity contribution in [2.24, 2.45) is 0 Å². The minimum Gasteiger partial charge on any atom is -0.323 e. The first-order chi connectivity index (χ1) is 11.0. The average molecular weight is 339 g/mol. The van der Waals surface area contributed by atoms with Gasteiger partial charge in [-0.05, 0) is 25.5 Å². The number of anilines is 1. The fourth-order valence-corrected chi connectivity index (χ4v) is 3.48. The van der Waals surface area contributed by atoms with Gasteiger partial charge in [-0.15, -0.1) is 0 Å². The topological polar surface area (TPSA) is 78.7 Å². The Morgan fingerprint density at radius 1 is 1.39 bits per heavy atom. The second-order valence-corrected chi connectivity index (χ2v) is 6.44. The summed E-state index contributed by atoms with van der Waals surface area (Å²) in [5.41, 5.74) is 0.189. The molecule has 8 heteroatoms. The number of hydrogen-bond donors (Lipinski definition) is 1. The van der Waals surface area contributed by atoms with Crippen LogP contribution in [0.25, 0.3) is 0 Å². The van der Waals surface area contributed by atoms with Crippen molar-refractivity contribution in [3.63, 3.8) is 0 Å². The van der Waals surface area contributed by atoms with E-state index in [1.807, 2.05) is 0 Å². The Morgan fingerprint density at radius 2 is 2.22 bits per heavy atom. The SMILES string of the molecule is O=C(CN1CCN2CCC[C@H]2C1)Nc1cc([N+](=O)[O-])ccc1Cl. The number of rotatable bonds is 4. The molecule has 2 aliphatic heterocycles. The van der Waals surface area contributed by atoms with Crippen molar-refractivity contribution in [3.8, 4) is 0 Å². The molecule has 1 amide bonds. The van der Waals surface area contributed by atoms with Gasteiger partial charge < -0.3 is 5.32 Å². The van der Waals surface area contributed by atoms with Gasteiger partial charge in [0, 0.05) is 37.8 Å². The first kappa shape index (κ1) is 16.2. The highest BCUT2D eigenvalue weighted by Crippen LogP contribution is 2.27. The predicted molar refractivity (Wildman–Crippen MR) is 87.8 cm³/mol. The Hall–Kier alpha value is -1.70. The summed E-state index contributed by atoms with van der Waals surface area (Å²) in [4.78, 5) is 27.1. The van der Waals surface area contributed by atoms with Gasteiger partial charge in [-0.25, -0.2) is 0 Å². The quantitative estimate of drug-likeness (QED) is 0.670. The number of nitro benzene ring substituents is 1. The molecule has 0 bridgehead atoms. The van der Waals surface area contributed by atoms with E-state index in [1.54, 1.807) is 0 Å². The van der Waals surface area contributed by atoms with Crippen molar-refractivity contribution in [1.29, 1.82) is 0 Å². The maximum absolute atomic E-state index is 12.2. The van der Waals surface area contributed by atoms with E-state index in [0.717, 1.165) is 26.2 Å². The maximum Gasteiger partial charge on any atom is 0.271 e. The highest BCUT2D eigenvalue weighted by Gasteiger charge is 2.31. The van der Waals surface area contributed by atoms with Crippen molar-refractivity contribution in [2.45, 2.75) is 18.9 Å². The summed E-state index contributed by atoms with van der Waals surface area (Å²) in [6.45, 7) is 4.20. The normalized spacial score (nSPS) is 21.9. The number of nitro groups is 1. The van der Waals surface area contributed by atoms with E-state index < -0.39 is 4.92 Å². The maximum atomic E-state index is 12.2. The van der Waals surface area contributed by atoms with Gasteiger partial charge in [0.25, 0.3) is 5.69 Å². The van der Waals surface area contributed by atoms with Gasteiger partial charge in [-0.3, -0.25) is 24.7 Å². The number of non-ortho nitro benzene ring substituents is 1. The van der Waals surface area contributed by atoms with Crippen LogP contribution in [-0.2, 0) is 4.79 Å². The van der Waals surface area contributed by atoms with Crippen molar-refractivity contribution < 1.29 is 9.72 Å². The molecular formula is C15H19ClN4O3. The van der Waals surface area contributed by atoms with Crippen LogP contribution in [0.1, 0.15) is 12.8 Å². The second-order valence-electron chi connectivity index (χ2n) is 6.04. The Bertz CT molecular complexity index is 625. The molecule has 0 spiro atoms. The molecule has 1 N–H and O–H groups in total. The molecule has 124 valence electrons. The van der Waals surface area contributed by atoms with Crippen LogP contribution in [0.4, 0.5) is 11.4 Å². The van der Waals surface area contributed by atoms with Crippen LogP contribution in [-0.4, -0.2) is 59.4 Å². The number of amides is 1. The fraction of sp³-hybridized carbons (Fsp3) is 0.533. The summed E-state index contributed by atoms with van der Waals surface area (Å²) in [7, 11) is 0. The van der Waals surface area contributed by atoms with Gasteiger partial charge >= 0.3 is 0 Å². The van der Waals surface area contributed by atoms with Gasteiger partial charge in [-0.2, -0.15) is 0 Å². The van der Waals surface area contributed by atoms with E-state index in [-0.39, 0.29) is 23.8 Å². The molecule has 7 nitrogen and oxygen atoms in total. The number of hydrogen-bond acceptors (Lipinski definition) is 5. The Morgan fingerprint density at radius 3 is 3.00 bits per heavy atom. The minimum atomic E-state index is -0.509. The van der Waals surface area contributed by atoms with Crippen LogP contribution in [0.2, 0.25) is 5.02 Å². The van der Waals surface area contributed by atoms with E-state index in [0.29, 0.717) is 11.1 Å². The molecule has 2 fully saturated rings. The third-order valence-corrected chi connectivity index (χ3v) is 4.80. The lowest BCUT2D eigenvalue weighted by molar-refractivity contribution is -0.384. The third-order valence-electron chi connectivity index (χ3n) is 4.47. The lowest BCUT2D eigenvalue weighted by Crippen LogP contribution is -2.51. The van der Waals surface area contributed by atoms with Gasteiger partial charge in [0.1, 0.15) is 0 Å². The van der Waals surface area contributed by atoms with Gasteiger partial charge in [0.15, 0.2) is 0 Å². The monoisotopic (exact) mass is 338 g/mol. The van der Waals surface area contributed by atoms with Crippen molar-refractivity contribution in [3.05, 3.63) is 33.3 Å². The zero-order valence-electron chi connectivity index (χ0n) is 12.7. The van der Waals surface area contributed by atoms with Crippen LogP contribution < -0.4 is 5.32 Å². The molecule has 2 aliphatic rings. The molecule has 23 heavy (non-hydrogen) atoms. The summed E-state index contributed by atoms with van der Waals surface area (Å²) < 4.78 is 0. The number of nitrogens with one attached hydrogen (secondary N) is 1. The van der Waals surface area contributed by atoms with Crippen LogP contribution in [0, 0.1) is 10.1 Å². The van der Waals surface area contributed by atoms with Crippen molar-refractivity contribution >= 4 is 28.9 Å². The van der Waals surface area contributed by atoms with Crippen LogP contribution in [0.15, 0.2) is 18.2 Å². The van der Waals surface area contributed by atoms with Crippen molar-refractivity contribution in [1.82, 2.24) is 9.80 Å². The largest absolute Gasteiger partial charge is 0.323 e. The number of piperazine rings is 1. The smallest absolute Gasteiger partial charge is 0.271 e. The summed E-state index contributed by atoms with van der Waals surface area (Å²) in [5.74, 6) is -0.196. The highest BCUT2D eigenvalue weighted by atomic mass is 35.5. The zero-order valence-corrected chi connectivity index (χ0v) is 13.5. The Kier molecular flexibility index (Phi) is 4.79. The number of fused-ring (bicyclic) bond motifs is 1. The highest BCUT2D eigenvalue weighted by molar-refractivity contribution is 6.33. The molecule has 0 aliphatic carbocycles. The standard InChI is InChI=1S/C15H19ClN4O3/c16-13-4-3-11(20(22)23)8-14(13)17-15(21)10-18-6-7-19-5-1-2-12(19)9-18/h3-4,8,12H,1-2,5-7,9-10H2,(H,17,21)/t12-/m0/s1. The molecule has 2 saturated heterocycles. The van der Waals surface area contributed by atoms with Gasteiger partial charge in [0.2, 0.25) is 5.91 Å². The minimum absolute atomic E-state index is 0.0933. The molecule has 0 radical (unpaired) electrons. The van der Waals surface area contributed by atoms with E-state index in [4.69, 9.17) is 11.6 Å². The number of benzene rings is 1. The molecule has 1 atom stereocenters. The zero-order chi connectivity index (χ0) is 16.4. The number of nitrogens with zero attached hydrogens (tertiary/aromatic N) is 3. The Labute approximate surface area is 139 Å². The molecular weight excluding hydrogens is 320 g/mol. The Balaban J connectivity index is 1.59. The summed E-state index contributed by atoms with van der Waals surface area (Å²) in [6.07, 6.45) is 2.42. The van der Waals surface area contributed by atoms with E-state index in [1.165, 1.54) is 31.0 Å². The van der Waals surface area contributed by atoms with E-state index >= 15 is 0 Å². The lowest BCUT2D eigenvalue weighted by atomic mass is 10.1. The summed E-state index contributed by atoms with van der Waals surface area (Å²) >= 11 is 6.00. The molecule has 0 saturated carbocycles. The lowest BCUT2D eigenvalue weighted by Gasteiger charge is -2.37. The number of carbonyl (C=O) groups excluding carboxylic acids is 1.